The molecule has 0 amide bonds. The van der Waals surface area contributed by atoms with Gasteiger partial charge in [-0.05, 0) is 43.5 Å². The third kappa shape index (κ3) is 2.94. The van der Waals surface area contributed by atoms with Gasteiger partial charge in [0.05, 0.1) is 5.52 Å². The fourth-order valence-electron chi connectivity index (χ4n) is 3.59. The fourth-order valence-corrected chi connectivity index (χ4v) is 3.59. The van der Waals surface area contributed by atoms with Crippen LogP contribution in [0.4, 0.5) is 11.4 Å². The quantitative estimate of drug-likeness (QED) is 0.707. The van der Waals surface area contributed by atoms with E-state index in [9.17, 15) is 0 Å². The van der Waals surface area contributed by atoms with Crippen LogP contribution >= 0.6 is 0 Å². The first-order valence-electron chi connectivity index (χ1n) is 8.74. The maximum atomic E-state index is 4.60. The van der Waals surface area contributed by atoms with Gasteiger partial charge < -0.3 is 10.2 Å². The van der Waals surface area contributed by atoms with Crippen LogP contribution in [0.15, 0.2) is 54.6 Å². The summed E-state index contributed by atoms with van der Waals surface area (Å²) in [6, 6.07) is 19.3. The van der Waals surface area contributed by atoms with Crippen LogP contribution in [0.3, 0.4) is 0 Å². The van der Waals surface area contributed by atoms with Crippen molar-refractivity contribution in [3.63, 3.8) is 0 Å². The van der Waals surface area contributed by atoms with Crippen molar-refractivity contribution in [2.45, 2.75) is 19.8 Å². The highest BCUT2D eigenvalue weighted by Gasteiger charge is 2.17. The molecule has 24 heavy (non-hydrogen) atoms. The molecule has 2 heterocycles. The second kappa shape index (κ2) is 6.52. The Morgan fingerprint density at radius 1 is 1.08 bits per heavy atom. The van der Waals surface area contributed by atoms with Crippen LogP contribution in [0, 0.1) is 6.92 Å². The topological polar surface area (TPSA) is 28.2 Å². The number of aromatic nitrogens is 1. The lowest BCUT2D eigenvalue weighted by Crippen LogP contribution is -2.23. The number of aryl methyl sites for hydroxylation is 1. The Hall–Kier alpha value is -2.55. The lowest BCUT2D eigenvalue weighted by atomic mass is 10.1. The van der Waals surface area contributed by atoms with Crippen molar-refractivity contribution < 1.29 is 0 Å². The Morgan fingerprint density at radius 3 is 2.88 bits per heavy atom. The fraction of sp³-hybridized carbons (Fsp3) is 0.286. The van der Waals surface area contributed by atoms with Crippen molar-refractivity contribution in [2.24, 2.45) is 0 Å². The highest BCUT2D eigenvalue weighted by molar-refractivity contribution is 5.91. The molecule has 1 aliphatic rings. The number of nitrogens with zero attached hydrogens (tertiary/aromatic N) is 2. The molecule has 0 bridgehead atoms. The van der Waals surface area contributed by atoms with E-state index in [0.29, 0.717) is 0 Å². The van der Waals surface area contributed by atoms with Crippen molar-refractivity contribution in [3.8, 4) is 0 Å². The Balaban J connectivity index is 1.39. The highest BCUT2D eigenvalue weighted by atomic mass is 15.1. The van der Waals surface area contributed by atoms with Gasteiger partial charge in [0, 0.05) is 42.1 Å². The number of nitrogens with one attached hydrogen (secondary N) is 1. The van der Waals surface area contributed by atoms with Gasteiger partial charge in [-0.3, -0.25) is 4.98 Å². The molecule has 0 fully saturated rings. The normalized spacial score (nSPS) is 13.3. The van der Waals surface area contributed by atoms with Crippen molar-refractivity contribution >= 4 is 22.3 Å². The first kappa shape index (κ1) is 15.0. The van der Waals surface area contributed by atoms with Gasteiger partial charge in [0.1, 0.15) is 0 Å². The predicted molar refractivity (Wildman–Crippen MR) is 102 cm³/mol. The van der Waals surface area contributed by atoms with Gasteiger partial charge in [-0.2, -0.15) is 0 Å². The van der Waals surface area contributed by atoms with E-state index in [4.69, 9.17) is 0 Å². The number of rotatable bonds is 5. The van der Waals surface area contributed by atoms with Crippen molar-refractivity contribution in [1.29, 1.82) is 0 Å². The van der Waals surface area contributed by atoms with E-state index in [2.05, 4.69) is 70.7 Å². The van der Waals surface area contributed by atoms with E-state index >= 15 is 0 Å². The minimum Gasteiger partial charge on any atom is -0.384 e. The number of para-hydroxylation sites is 2. The molecule has 3 aromatic rings. The van der Waals surface area contributed by atoms with Crippen molar-refractivity contribution in [3.05, 3.63) is 65.9 Å². The second-order valence-electron chi connectivity index (χ2n) is 6.47. The highest BCUT2D eigenvalue weighted by Crippen LogP contribution is 2.27. The zero-order valence-corrected chi connectivity index (χ0v) is 14.1. The monoisotopic (exact) mass is 317 g/mol. The molecule has 0 spiro atoms. The summed E-state index contributed by atoms with van der Waals surface area (Å²) in [5.74, 6) is 0. The van der Waals surface area contributed by atoms with E-state index in [1.807, 2.05) is 6.07 Å². The van der Waals surface area contributed by atoms with Gasteiger partial charge in [-0.25, -0.2) is 0 Å². The SMILES string of the molecule is Cc1cc(NCCCN2CCc3ccccc32)c2ccccc2n1. The average Bonchev–Trinajstić information content (AvgIpc) is 3.02. The molecule has 3 nitrogen and oxygen atoms in total. The molecule has 3 heteroatoms. The first-order chi connectivity index (χ1) is 11.8. The number of anilines is 2. The van der Waals surface area contributed by atoms with Gasteiger partial charge in [0.25, 0.3) is 0 Å². The number of fused-ring (bicyclic) bond motifs is 2. The molecule has 122 valence electrons. The van der Waals surface area contributed by atoms with E-state index < -0.39 is 0 Å². The molecule has 1 aromatic heterocycles. The smallest absolute Gasteiger partial charge is 0.0725 e. The summed E-state index contributed by atoms with van der Waals surface area (Å²) in [6.07, 6.45) is 2.31. The van der Waals surface area contributed by atoms with Crippen molar-refractivity contribution in [1.82, 2.24) is 4.98 Å². The Kier molecular flexibility index (Phi) is 4.08. The Labute approximate surface area is 143 Å². The molecule has 4 rings (SSSR count). The standard InChI is InChI=1S/C21H23N3/c1-16-15-20(18-8-3-4-9-19(18)23-16)22-12-6-13-24-14-11-17-7-2-5-10-21(17)24/h2-5,7-10,15H,6,11-14H2,1H3,(H,22,23). The summed E-state index contributed by atoms with van der Waals surface area (Å²) in [5, 5.41) is 4.81. The molecule has 0 aliphatic carbocycles. The van der Waals surface area contributed by atoms with Crippen LogP contribution in [0.25, 0.3) is 10.9 Å². The summed E-state index contributed by atoms with van der Waals surface area (Å²) in [6.45, 7) is 5.29. The van der Waals surface area contributed by atoms with Crippen LogP contribution in [-0.4, -0.2) is 24.6 Å². The van der Waals surface area contributed by atoms with Gasteiger partial charge >= 0.3 is 0 Å². The zero-order valence-electron chi connectivity index (χ0n) is 14.1. The van der Waals surface area contributed by atoms with E-state index in [1.54, 1.807) is 0 Å². The molecule has 0 unspecified atom stereocenters. The summed E-state index contributed by atoms with van der Waals surface area (Å²) in [7, 11) is 0. The van der Waals surface area contributed by atoms with Crippen LogP contribution in [0.2, 0.25) is 0 Å². The summed E-state index contributed by atoms with van der Waals surface area (Å²) >= 11 is 0. The zero-order chi connectivity index (χ0) is 16.4. The second-order valence-corrected chi connectivity index (χ2v) is 6.47. The van der Waals surface area contributed by atoms with E-state index in [0.717, 1.165) is 37.3 Å². The number of benzene rings is 2. The Bertz CT molecular complexity index is 857. The maximum Gasteiger partial charge on any atom is 0.0725 e. The minimum absolute atomic E-state index is 0.978. The van der Waals surface area contributed by atoms with Gasteiger partial charge in [-0.15, -0.1) is 0 Å². The van der Waals surface area contributed by atoms with Crippen LogP contribution in [-0.2, 0) is 6.42 Å². The number of hydrogen-bond acceptors (Lipinski definition) is 3. The molecule has 2 aromatic carbocycles. The summed E-state index contributed by atoms with van der Waals surface area (Å²) in [4.78, 5) is 7.11. The summed E-state index contributed by atoms with van der Waals surface area (Å²) < 4.78 is 0. The van der Waals surface area contributed by atoms with Gasteiger partial charge in [0.2, 0.25) is 0 Å². The Morgan fingerprint density at radius 2 is 1.92 bits per heavy atom. The van der Waals surface area contributed by atoms with E-state index in [-0.39, 0.29) is 0 Å². The van der Waals surface area contributed by atoms with Gasteiger partial charge in [-0.1, -0.05) is 36.4 Å². The average molecular weight is 317 g/mol. The third-order valence-electron chi connectivity index (χ3n) is 4.75. The number of pyridine rings is 1. The largest absolute Gasteiger partial charge is 0.384 e. The molecule has 1 N–H and O–H groups in total. The molecular formula is C21H23N3. The molecule has 0 radical (unpaired) electrons. The summed E-state index contributed by atoms with van der Waals surface area (Å²) in [5.41, 5.74) is 6.22. The molecular weight excluding hydrogens is 294 g/mol. The lowest BCUT2D eigenvalue weighted by Gasteiger charge is -2.19. The van der Waals surface area contributed by atoms with Crippen LogP contribution in [0.1, 0.15) is 17.7 Å². The maximum absolute atomic E-state index is 4.60. The van der Waals surface area contributed by atoms with Crippen LogP contribution < -0.4 is 10.2 Å². The lowest BCUT2D eigenvalue weighted by molar-refractivity contribution is 0.774. The molecule has 0 atom stereocenters. The molecule has 0 saturated carbocycles. The molecule has 0 saturated heterocycles. The predicted octanol–water partition coefficient (Wildman–Crippen LogP) is 4.41. The number of hydrogen-bond donors (Lipinski definition) is 1. The third-order valence-corrected chi connectivity index (χ3v) is 4.75. The van der Waals surface area contributed by atoms with Crippen molar-refractivity contribution in [2.75, 3.05) is 29.9 Å². The minimum atomic E-state index is 0.978. The first-order valence-corrected chi connectivity index (χ1v) is 8.74. The van der Waals surface area contributed by atoms with E-state index in [1.165, 1.54) is 28.7 Å². The van der Waals surface area contributed by atoms with Crippen LogP contribution in [0.5, 0.6) is 0 Å². The van der Waals surface area contributed by atoms with Gasteiger partial charge in [0.15, 0.2) is 0 Å². The molecule has 1 aliphatic heterocycles.